The Bertz CT molecular complexity index is 895. The molecule has 0 fully saturated rings. The monoisotopic (exact) mass is 431 g/mol. The fourth-order valence-electron chi connectivity index (χ4n) is 3.33. The largest absolute Gasteiger partial charge is 0.480 e. The van der Waals surface area contributed by atoms with Crippen LogP contribution in [0.25, 0.3) is 10.9 Å². The molecule has 0 radical (unpaired) electrons. The normalized spacial score (nSPS) is 14.2. The molecule has 0 saturated heterocycles. The van der Waals surface area contributed by atoms with E-state index in [2.05, 4.69) is 15.6 Å². The van der Waals surface area contributed by atoms with Crippen LogP contribution in [-0.2, 0) is 20.8 Å². The van der Waals surface area contributed by atoms with Crippen LogP contribution in [0, 0.1) is 5.92 Å². The van der Waals surface area contributed by atoms with Crippen LogP contribution in [0.2, 0.25) is 0 Å². The highest BCUT2D eigenvalue weighted by atomic mass is 16.4. The molecule has 0 unspecified atom stereocenters. The summed E-state index contributed by atoms with van der Waals surface area (Å²) in [6.07, 6.45) is 3.51. The van der Waals surface area contributed by atoms with E-state index in [9.17, 15) is 19.5 Å². The summed E-state index contributed by atoms with van der Waals surface area (Å²) in [6, 6.07) is 4.77. The van der Waals surface area contributed by atoms with Crippen LogP contribution < -0.4 is 22.1 Å². The minimum absolute atomic E-state index is 0.0959. The molecule has 3 atom stereocenters. The average molecular weight is 432 g/mol. The van der Waals surface area contributed by atoms with Gasteiger partial charge in [-0.25, -0.2) is 4.79 Å². The zero-order valence-electron chi connectivity index (χ0n) is 18.1. The lowest BCUT2D eigenvalue weighted by Crippen LogP contribution is -2.55. The molecule has 2 rings (SSSR count). The standard InChI is InChI=1S/C22H33N5O4/c1-13(2)19(24)21(29)26-17(9-5-6-10-23)20(28)27-18(22(30)31)11-14-12-25-16-8-4-3-7-15(14)16/h3-4,7-8,12-13,17-19,25H,5-6,9-11,23-24H2,1-2H3,(H,26,29)(H,27,28)(H,30,31)/t17-,18-,19-/m0/s1. The number of fused-ring (bicyclic) bond motifs is 1. The fourth-order valence-corrected chi connectivity index (χ4v) is 3.33. The predicted octanol–water partition coefficient (Wildman–Crippen LogP) is 0.877. The van der Waals surface area contributed by atoms with Gasteiger partial charge in [-0.3, -0.25) is 9.59 Å². The molecular weight excluding hydrogens is 398 g/mol. The third kappa shape index (κ3) is 6.80. The Balaban J connectivity index is 2.13. The molecule has 1 heterocycles. The highest BCUT2D eigenvalue weighted by Crippen LogP contribution is 2.19. The molecule has 2 amide bonds. The van der Waals surface area contributed by atoms with Crippen molar-refractivity contribution in [3.05, 3.63) is 36.0 Å². The van der Waals surface area contributed by atoms with E-state index >= 15 is 0 Å². The van der Waals surface area contributed by atoms with Gasteiger partial charge in [0.25, 0.3) is 0 Å². The number of carboxylic acid groups (broad SMARTS) is 1. The van der Waals surface area contributed by atoms with Crippen molar-refractivity contribution in [3.63, 3.8) is 0 Å². The summed E-state index contributed by atoms with van der Waals surface area (Å²) < 4.78 is 0. The SMILES string of the molecule is CC(C)[C@H](N)C(=O)N[C@@H](CCCCN)C(=O)N[C@@H](Cc1c[nH]c2ccccc12)C(=O)O. The summed E-state index contributed by atoms with van der Waals surface area (Å²) in [5, 5.41) is 15.8. The number of carbonyl (C=O) groups excluding carboxylic acids is 2. The number of hydrogen-bond acceptors (Lipinski definition) is 5. The van der Waals surface area contributed by atoms with Crippen molar-refractivity contribution in [1.29, 1.82) is 0 Å². The molecular formula is C22H33N5O4. The molecule has 0 saturated carbocycles. The zero-order valence-corrected chi connectivity index (χ0v) is 18.1. The van der Waals surface area contributed by atoms with Crippen LogP contribution in [0.5, 0.6) is 0 Å². The molecule has 0 bridgehead atoms. The van der Waals surface area contributed by atoms with E-state index in [0.717, 1.165) is 16.5 Å². The number of hydrogen-bond donors (Lipinski definition) is 6. The number of nitrogens with one attached hydrogen (secondary N) is 3. The van der Waals surface area contributed by atoms with Gasteiger partial charge in [-0.15, -0.1) is 0 Å². The van der Waals surface area contributed by atoms with E-state index in [4.69, 9.17) is 11.5 Å². The molecule has 1 aromatic carbocycles. The molecule has 9 heteroatoms. The summed E-state index contributed by atoms with van der Waals surface area (Å²) in [5.74, 6) is -2.23. The Hall–Kier alpha value is -2.91. The topological polar surface area (TPSA) is 163 Å². The average Bonchev–Trinajstić information content (AvgIpc) is 3.14. The zero-order chi connectivity index (χ0) is 23.0. The Morgan fingerprint density at radius 3 is 2.39 bits per heavy atom. The number of aromatic amines is 1. The van der Waals surface area contributed by atoms with Crippen LogP contribution in [0.4, 0.5) is 0 Å². The Labute approximate surface area is 181 Å². The summed E-state index contributed by atoms with van der Waals surface area (Å²) in [5.41, 5.74) is 13.1. The first-order valence-electron chi connectivity index (χ1n) is 10.6. The summed E-state index contributed by atoms with van der Waals surface area (Å²) in [4.78, 5) is 40.3. The van der Waals surface area contributed by atoms with Crippen LogP contribution in [0.1, 0.15) is 38.7 Å². The maximum atomic E-state index is 12.9. The molecule has 0 aliphatic carbocycles. The van der Waals surface area contributed by atoms with Crippen LogP contribution >= 0.6 is 0 Å². The molecule has 170 valence electrons. The van der Waals surface area contributed by atoms with E-state index in [1.54, 1.807) is 6.20 Å². The first-order chi connectivity index (χ1) is 14.7. The number of unbranched alkanes of at least 4 members (excludes halogenated alkanes) is 1. The number of para-hydroxylation sites is 1. The molecule has 2 aromatic rings. The first-order valence-corrected chi connectivity index (χ1v) is 10.6. The number of amides is 2. The van der Waals surface area contributed by atoms with Crippen LogP contribution in [0.15, 0.2) is 30.5 Å². The number of carboxylic acids is 1. The molecule has 1 aromatic heterocycles. The fraction of sp³-hybridized carbons (Fsp3) is 0.500. The van der Waals surface area contributed by atoms with Crippen molar-refractivity contribution >= 4 is 28.7 Å². The van der Waals surface area contributed by atoms with Gasteiger partial charge in [0.15, 0.2) is 0 Å². The minimum atomic E-state index is -1.15. The second-order valence-electron chi connectivity index (χ2n) is 8.08. The molecule has 9 nitrogen and oxygen atoms in total. The van der Waals surface area contributed by atoms with E-state index in [1.807, 2.05) is 38.1 Å². The second kappa shape index (κ2) is 11.5. The lowest BCUT2D eigenvalue weighted by atomic mass is 10.0. The van der Waals surface area contributed by atoms with Gasteiger partial charge in [-0.2, -0.15) is 0 Å². The van der Waals surface area contributed by atoms with Gasteiger partial charge < -0.3 is 32.2 Å². The second-order valence-corrected chi connectivity index (χ2v) is 8.08. The number of aliphatic carboxylic acids is 1. The van der Waals surface area contributed by atoms with Crippen molar-refractivity contribution in [2.24, 2.45) is 17.4 Å². The highest BCUT2D eigenvalue weighted by Gasteiger charge is 2.29. The molecule has 31 heavy (non-hydrogen) atoms. The lowest BCUT2D eigenvalue weighted by Gasteiger charge is -2.24. The number of aromatic nitrogens is 1. The Morgan fingerprint density at radius 2 is 1.74 bits per heavy atom. The summed E-state index contributed by atoms with van der Waals surface area (Å²) in [7, 11) is 0. The van der Waals surface area contributed by atoms with E-state index in [-0.39, 0.29) is 12.3 Å². The number of nitrogens with two attached hydrogens (primary N) is 2. The van der Waals surface area contributed by atoms with E-state index in [0.29, 0.717) is 25.8 Å². The maximum Gasteiger partial charge on any atom is 0.326 e. The van der Waals surface area contributed by atoms with Crippen LogP contribution in [0.3, 0.4) is 0 Å². The predicted molar refractivity (Wildman–Crippen MR) is 119 cm³/mol. The number of benzene rings is 1. The van der Waals surface area contributed by atoms with Gasteiger partial charge in [-0.1, -0.05) is 32.0 Å². The van der Waals surface area contributed by atoms with E-state index < -0.39 is 35.9 Å². The number of carbonyl (C=O) groups is 3. The maximum absolute atomic E-state index is 12.9. The third-order valence-corrected chi connectivity index (χ3v) is 5.31. The van der Waals surface area contributed by atoms with Gasteiger partial charge in [0.2, 0.25) is 11.8 Å². The third-order valence-electron chi connectivity index (χ3n) is 5.31. The van der Waals surface area contributed by atoms with Crippen molar-refractivity contribution in [1.82, 2.24) is 15.6 Å². The lowest BCUT2D eigenvalue weighted by molar-refractivity contribution is -0.142. The van der Waals surface area contributed by atoms with Crippen LogP contribution in [-0.4, -0.2) is 52.5 Å². The summed E-state index contributed by atoms with van der Waals surface area (Å²) >= 11 is 0. The van der Waals surface area contributed by atoms with Crippen molar-refractivity contribution in [2.75, 3.05) is 6.54 Å². The van der Waals surface area contributed by atoms with Crippen molar-refractivity contribution in [2.45, 2.75) is 57.7 Å². The molecule has 0 spiro atoms. The van der Waals surface area contributed by atoms with Crippen molar-refractivity contribution in [3.8, 4) is 0 Å². The molecule has 8 N–H and O–H groups in total. The van der Waals surface area contributed by atoms with Gasteiger partial charge in [-0.05, 0) is 43.4 Å². The van der Waals surface area contributed by atoms with Gasteiger partial charge in [0.1, 0.15) is 12.1 Å². The number of rotatable bonds is 12. The van der Waals surface area contributed by atoms with Gasteiger partial charge in [0.05, 0.1) is 6.04 Å². The minimum Gasteiger partial charge on any atom is -0.480 e. The number of H-pyrrole nitrogens is 1. The van der Waals surface area contributed by atoms with Gasteiger partial charge >= 0.3 is 5.97 Å². The summed E-state index contributed by atoms with van der Waals surface area (Å²) in [6.45, 7) is 4.09. The molecule has 0 aliphatic rings. The first kappa shape index (κ1) is 24.4. The Kier molecular flexibility index (Phi) is 9.02. The smallest absolute Gasteiger partial charge is 0.326 e. The van der Waals surface area contributed by atoms with Gasteiger partial charge in [0, 0.05) is 23.5 Å². The highest BCUT2D eigenvalue weighted by molar-refractivity contribution is 5.92. The quantitative estimate of drug-likeness (QED) is 0.273. The molecule has 0 aliphatic heterocycles. The Morgan fingerprint density at radius 1 is 1.06 bits per heavy atom. The van der Waals surface area contributed by atoms with E-state index in [1.165, 1.54) is 0 Å². The van der Waals surface area contributed by atoms with Crippen molar-refractivity contribution < 1.29 is 19.5 Å².